The lowest BCUT2D eigenvalue weighted by Gasteiger charge is -2.27. The molecule has 0 spiro atoms. The largest absolute Gasteiger partial charge is 0.353 e. The number of hydrogen-bond acceptors (Lipinski definition) is 6. The summed E-state index contributed by atoms with van der Waals surface area (Å²) in [6, 6.07) is 10.6. The molecular formula is C17H20N4O3S. The lowest BCUT2D eigenvalue weighted by Crippen LogP contribution is -2.37. The molecule has 0 saturated carbocycles. The number of amides is 1. The highest BCUT2D eigenvalue weighted by molar-refractivity contribution is 7.91. The van der Waals surface area contributed by atoms with Crippen LogP contribution in [0.15, 0.2) is 42.7 Å². The number of sulfone groups is 1. The molecule has 0 radical (unpaired) electrons. The number of carbonyl (C=O) groups is 1. The summed E-state index contributed by atoms with van der Waals surface area (Å²) in [7, 11) is -2.99. The minimum absolute atomic E-state index is 0.116. The molecule has 1 aliphatic heterocycles. The van der Waals surface area contributed by atoms with Crippen LogP contribution in [0.3, 0.4) is 0 Å². The molecule has 1 aromatic heterocycles. The van der Waals surface area contributed by atoms with E-state index in [4.69, 9.17) is 0 Å². The van der Waals surface area contributed by atoms with Gasteiger partial charge in [-0.25, -0.2) is 18.4 Å². The van der Waals surface area contributed by atoms with Crippen LogP contribution in [0.2, 0.25) is 0 Å². The van der Waals surface area contributed by atoms with Crippen molar-refractivity contribution in [3.63, 3.8) is 0 Å². The maximum absolute atomic E-state index is 12.4. The molecule has 1 N–H and O–H groups in total. The van der Waals surface area contributed by atoms with E-state index < -0.39 is 9.84 Å². The number of nitrogens with one attached hydrogen (secondary N) is 1. The molecular weight excluding hydrogens is 340 g/mol. The zero-order valence-corrected chi connectivity index (χ0v) is 14.7. The number of anilines is 2. The maximum atomic E-state index is 12.4. The average Bonchev–Trinajstić information content (AvgIpc) is 2.96. The van der Waals surface area contributed by atoms with Crippen molar-refractivity contribution < 1.29 is 13.2 Å². The Morgan fingerprint density at radius 1 is 1.28 bits per heavy atom. The molecule has 1 fully saturated rings. The summed E-state index contributed by atoms with van der Waals surface area (Å²) >= 11 is 0. The van der Waals surface area contributed by atoms with Crippen molar-refractivity contribution in [2.24, 2.45) is 0 Å². The first-order valence-corrected chi connectivity index (χ1v) is 9.96. The predicted molar refractivity (Wildman–Crippen MR) is 96.5 cm³/mol. The fourth-order valence-electron chi connectivity index (χ4n) is 2.97. The van der Waals surface area contributed by atoms with Crippen molar-refractivity contribution in [2.45, 2.75) is 19.4 Å². The molecule has 132 valence electrons. The van der Waals surface area contributed by atoms with Gasteiger partial charge in [0.1, 0.15) is 17.8 Å². The molecule has 3 rings (SSSR count). The van der Waals surface area contributed by atoms with Gasteiger partial charge < -0.3 is 10.2 Å². The van der Waals surface area contributed by atoms with Gasteiger partial charge in [0.2, 0.25) is 0 Å². The van der Waals surface area contributed by atoms with Gasteiger partial charge in [0.05, 0.1) is 11.5 Å². The van der Waals surface area contributed by atoms with E-state index in [0.717, 1.165) is 0 Å². The van der Waals surface area contributed by atoms with Crippen LogP contribution in [0.5, 0.6) is 0 Å². The smallest absolute Gasteiger partial charge is 0.274 e. The van der Waals surface area contributed by atoms with E-state index in [2.05, 4.69) is 15.3 Å². The Kier molecular flexibility index (Phi) is 4.98. The van der Waals surface area contributed by atoms with Gasteiger partial charge in [-0.05, 0) is 25.5 Å². The van der Waals surface area contributed by atoms with E-state index in [-0.39, 0.29) is 29.1 Å². The second-order valence-electron chi connectivity index (χ2n) is 5.92. The third-order valence-electron chi connectivity index (χ3n) is 4.20. The van der Waals surface area contributed by atoms with Crippen molar-refractivity contribution in [3.8, 4) is 0 Å². The zero-order chi connectivity index (χ0) is 17.9. The van der Waals surface area contributed by atoms with Gasteiger partial charge in [0.15, 0.2) is 9.84 Å². The van der Waals surface area contributed by atoms with Gasteiger partial charge in [-0.2, -0.15) is 0 Å². The first-order chi connectivity index (χ1) is 12.0. The number of nitrogens with zero attached hydrogens (tertiary/aromatic N) is 3. The number of rotatable bonds is 5. The topological polar surface area (TPSA) is 92.3 Å². The molecule has 2 heterocycles. The molecule has 0 aliphatic carbocycles. The van der Waals surface area contributed by atoms with Crippen molar-refractivity contribution >= 4 is 27.2 Å². The number of para-hydroxylation sites is 1. The molecule has 2 aromatic rings. The fraction of sp³-hybridized carbons (Fsp3) is 0.353. The van der Waals surface area contributed by atoms with Gasteiger partial charge in [-0.3, -0.25) is 4.79 Å². The highest BCUT2D eigenvalue weighted by Crippen LogP contribution is 2.23. The number of hydrogen-bond donors (Lipinski definition) is 1. The zero-order valence-electron chi connectivity index (χ0n) is 13.9. The first kappa shape index (κ1) is 17.3. The summed E-state index contributed by atoms with van der Waals surface area (Å²) in [5.41, 5.74) is 0.926. The van der Waals surface area contributed by atoms with E-state index in [9.17, 15) is 13.2 Å². The Bertz CT molecular complexity index is 855. The van der Waals surface area contributed by atoms with Crippen LogP contribution >= 0.6 is 0 Å². The van der Waals surface area contributed by atoms with E-state index in [1.54, 1.807) is 18.2 Å². The quantitative estimate of drug-likeness (QED) is 0.873. The summed E-state index contributed by atoms with van der Waals surface area (Å²) < 4.78 is 23.5. The Hall–Kier alpha value is -2.48. The number of carbonyl (C=O) groups excluding carboxylic acids is 1. The van der Waals surface area contributed by atoms with Crippen LogP contribution in [-0.2, 0) is 9.84 Å². The molecule has 8 heteroatoms. The average molecular weight is 360 g/mol. The monoisotopic (exact) mass is 360 g/mol. The number of aromatic nitrogens is 2. The molecule has 1 unspecified atom stereocenters. The highest BCUT2D eigenvalue weighted by Gasteiger charge is 2.32. The van der Waals surface area contributed by atoms with E-state index in [1.807, 2.05) is 30.0 Å². The molecule has 25 heavy (non-hydrogen) atoms. The second kappa shape index (κ2) is 7.18. The van der Waals surface area contributed by atoms with E-state index >= 15 is 0 Å². The molecule has 1 atom stereocenters. The normalized spacial score (nSPS) is 18.7. The van der Waals surface area contributed by atoms with Gasteiger partial charge in [-0.1, -0.05) is 18.2 Å². The Balaban J connectivity index is 1.79. The molecule has 1 saturated heterocycles. The van der Waals surface area contributed by atoms with E-state index in [0.29, 0.717) is 24.5 Å². The standard InChI is InChI=1S/C17H20N4O3S/c1-2-21(14-8-9-25(23,24)11-14)16-10-15(18-12-19-16)17(22)20-13-6-4-3-5-7-13/h3-7,10,12,14H,2,8-9,11H2,1H3,(H,20,22). The van der Waals surface area contributed by atoms with Crippen molar-refractivity contribution in [1.82, 2.24) is 9.97 Å². The minimum Gasteiger partial charge on any atom is -0.353 e. The lowest BCUT2D eigenvalue weighted by atomic mass is 10.2. The van der Waals surface area contributed by atoms with Crippen LogP contribution in [-0.4, -0.2) is 48.4 Å². The van der Waals surface area contributed by atoms with Crippen molar-refractivity contribution in [1.29, 1.82) is 0 Å². The third-order valence-corrected chi connectivity index (χ3v) is 5.95. The third kappa shape index (κ3) is 4.14. The van der Waals surface area contributed by atoms with Crippen molar-refractivity contribution in [3.05, 3.63) is 48.4 Å². The van der Waals surface area contributed by atoms with Gasteiger partial charge in [0.25, 0.3) is 5.91 Å². The Morgan fingerprint density at radius 2 is 2.04 bits per heavy atom. The Labute approximate surface area is 147 Å². The lowest BCUT2D eigenvalue weighted by molar-refractivity contribution is 0.102. The summed E-state index contributed by atoms with van der Waals surface area (Å²) in [6.07, 6.45) is 1.91. The summed E-state index contributed by atoms with van der Waals surface area (Å²) in [4.78, 5) is 22.6. The molecule has 7 nitrogen and oxygen atoms in total. The molecule has 0 bridgehead atoms. The SMILES string of the molecule is CCN(c1cc(C(=O)Nc2ccccc2)ncn1)C1CCS(=O)(=O)C1. The second-order valence-corrected chi connectivity index (χ2v) is 8.15. The van der Waals surface area contributed by atoms with E-state index in [1.165, 1.54) is 6.33 Å². The summed E-state index contributed by atoms with van der Waals surface area (Å²) in [6.45, 7) is 2.55. The predicted octanol–water partition coefficient (Wildman–Crippen LogP) is 1.74. The van der Waals surface area contributed by atoms with Crippen molar-refractivity contribution in [2.75, 3.05) is 28.3 Å². The molecule has 1 amide bonds. The summed E-state index contributed by atoms with van der Waals surface area (Å²) in [5, 5.41) is 2.78. The van der Waals surface area contributed by atoms with Crippen LogP contribution < -0.4 is 10.2 Å². The maximum Gasteiger partial charge on any atom is 0.274 e. The van der Waals surface area contributed by atoms with Gasteiger partial charge >= 0.3 is 0 Å². The fourth-order valence-corrected chi connectivity index (χ4v) is 4.70. The number of benzene rings is 1. The summed E-state index contributed by atoms with van der Waals surface area (Å²) in [5.74, 6) is 0.555. The highest BCUT2D eigenvalue weighted by atomic mass is 32.2. The van der Waals surface area contributed by atoms with Crippen LogP contribution in [0.1, 0.15) is 23.8 Å². The van der Waals surface area contributed by atoms with Crippen LogP contribution in [0.25, 0.3) is 0 Å². The van der Waals surface area contributed by atoms with Crippen LogP contribution in [0, 0.1) is 0 Å². The van der Waals surface area contributed by atoms with Gasteiger partial charge in [0, 0.05) is 24.3 Å². The van der Waals surface area contributed by atoms with Crippen LogP contribution in [0.4, 0.5) is 11.5 Å². The molecule has 1 aliphatic rings. The van der Waals surface area contributed by atoms with Gasteiger partial charge in [-0.15, -0.1) is 0 Å². The molecule has 1 aromatic carbocycles. The Morgan fingerprint density at radius 3 is 2.68 bits per heavy atom. The first-order valence-electron chi connectivity index (χ1n) is 8.14. The minimum atomic E-state index is -2.99.